The third-order valence-corrected chi connectivity index (χ3v) is 3.80. The summed E-state index contributed by atoms with van der Waals surface area (Å²) >= 11 is 0. The lowest BCUT2D eigenvalue weighted by molar-refractivity contribution is -0.147. The van der Waals surface area contributed by atoms with Gasteiger partial charge in [0.05, 0.1) is 6.61 Å². The average Bonchev–Trinajstić information content (AvgIpc) is 3.29. The molecule has 1 fully saturated rings. The summed E-state index contributed by atoms with van der Waals surface area (Å²) in [6, 6.07) is 9.39. The molecule has 0 aromatic heterocycles. The van der Waals surface area contributed by atoms with Crippen LogP contribution < -0.4 is 10.1 Å². The lowest BCUT2D eigenvalue weighted by Crippen LogP contribution is -2.54. The number of amides is 1. The Labute approximate surface area is 124 Å². The molecule has 21 heavy (non-hydrogen) atoms. The summed E-state index contributed by atoms with van der Waals surface area (Å²) in [4.78, 5) is 23.2. The standard InChI is InChI=1S/C16H21NO4/c1-16(15(19)20,12-9-10-12)17-14(18)8-5-11-21-13-6-3-2-4-7-13/h2-4,6-7,12H,5,8-11H2,1H3,(H,17,18)(H,19,20). The number of ether oxygens (including phenoxy) is 1. The molecular weight excluding hydrogens is 270 g/mol. The van der Waals surface area contributed by atoms with Gasteiger partial charge in [-0.25, -0.2) is 4.79 Å². The number of benzene rings is 1. The van der Waals surface area contributed by atoms with Crippen molar-refractivity contribution in [1.82, 2.24) is 5.32 Å². The van der Waals surface area contributed by atoms with Crippen molar-refractivity contribution in [2.24, 2.45) is 5.92 Å². The highest BCUT2D eigenvalue weighted by molar-refractivity contribution is 5.87. The summed E-state index contributed by atoms with van der Waals surface area (Å²) in [5.41, 5.74) is -1.13. The molecule has 0 spiro atoms. The SMILES string of the molecule is CC(NC(=O)CCCOc1ccccc1)(C(=O)O)C1CC1. The maximum atomic E-state index is 11.9. The van der Waals surface area contributed by atoms with Gasteiger partial charge in [0.25, 0.3) is 0 Å². The van der Waals surface area contributed by atoms with Crippen LogP contribution in [-0.2, 0) is 9.59 Å². The van der Waals surface area contributed by atoms with E-state index in [-0.39, 0.29) is 18.2 Å². The third kappa shape index (κ3) is 4.21. The molecule has 0 heterocycles. The molecule has 0 bridgehead atoms. The van der Waals surface area contributed by atoms with E-state index in [0.717, 1.165) is 18.6 Å². The van der Waals surface area contributed by atoms with Gasteiger partial charge in [-0.2, -0.15) is 0 Å². The summed E-state index contributed by atoms with van der Waals surface area (Å²) < 4.78 is 5.50. The number of aliphatic carboxylic acids is 1. The average molecular weight is 291 g/mol. The van der Waals surface area contributed by atoms with Crippen LogP contribution in [0.25, 0.3) is 0 Å². The molecule has 0 aliphatic heterocycles. The molecule has 2 rings (SSSR count). The quantitative estimate of drug-likeness (QED) is 0.720. The predicted octanol–water partition coefficient (Wildman–Crippen LogP) is 2.22. The second-order valence-corrected chi connectivity index (χ2v) is 5.60. The number of rotatable bonds is 8. The van der Waals surface area contributed by atoms with E-state index in [2.05, 4.69) is 5.32 Å². The van der Waals surface area contributed by atoms with Gasteiger partial charge in [0, 0.05) is 6.42 Å². The second kappa shape index (κ2) is 6.61. The largest absolute Gasteiger partial charge is 0.494 e. The highest BCUT2D eigenvalue weighted by Gasteiger charge is 2.48. The van der Waals surface area contributed by atoms with Gasteiger partial charge in [-0.1, -0.05) is 18.2 Å². The molecule has 1 amide bonds. The molecule has 0 saturated heterocycles. The van der Waals surface area contributed by atoms with Crippen molar-refractivity contribution in [1.29, 1.82) is 0 Å². The molecule has 1 aliphatic rings. The van der Waals surface area contributed by atoms with Crippen LogP contribution in [0.2, 0.25) is 0 Å². The summed E-state index contributed by atoms with van der Waals surface area (Å²) in [5.74, 6) is -0.367. The van der Waals surface area contributed by atoms with Gasteiger partial charge in [-0.15, -0.1) is 0 Å². The van der Waals surface area contributed by atoms with Crippen molar-refractivity contribution in [2.75, 3.05) is 6.61 Å². The molecule has 114 valence electrons. The smallest absolute Gasteiger partial charge is 0.329 e. The second-order valence-electron chi connectivity index (χ2n) is 5.60. The number of hydrogen-bond donors (Lipinski definition) is 2. The minimum absolute atomic E-state index is 0.0551. The number of hydrogen-bond acceptors (Lipinski definition) is 3. The number of nitrogens with one attached hydrogen (secondary N) is 1. The third-order valence-electron chi connectivity index (χ3n) is 3.80. The Morgan fingerprint density at radius 1 is 1.33 bits per heavy atom. The summed E-state index contributed by atoms with van der Waals surface area (Å²) in [6.45, 7) is 2.02. The topological polar surface area (TPSA) is 75.6 Å². The lowest BCUT2D eigenvalue weighted by atomic mass is 9.95. The first kappa shape index (κ1) is 15.4. The van der Waals surface area contributed by atoms with E-state index in [1.54, 1.807) is 6.92 Å². The van der Waals surface area contributed by atoms with E-state index < -0.39 is 11.5 Å². The van der Waals surface area contributed by atoms with Crippen LogP contribution in [-0.4, -0.2) is 29.1 Å². The van der Waals surface area contributed by atoms with Gasteiger partial charge in [0.2, 0.25) is 5.91 Å². The number of carbonyl (C=O) groups excluding carboxylic acids is 1. The van der Waals surface area contributed by atoms with Crippen LogP contribution in [0.1, 0.15) is 32.6 Å². The minimum Gasteiger partial charge on any atom is -0.494 e. The van der Waals surface area contributed by atoms with Gasteiger partial charge in [-0.3, -0.25) is 4.79 Å². The predicted molar refractivity (Wildman–Crippen MR) is 78.1 cm³/mol. The Morgan fingerprint density at radius 3 is 2.57 bits per heavy atom. The molecular formula is C16H21NO4. The molecule has 0 radical (unpaired) electrons. The highest BCUT2D eigenvalue weighted by atomic mass is 16.5. The number of carbonyl (C=O) groups is 2. The van der Waals surface area contributed by atoms with Gasteiger partial charge in [0.15, 0.2) is 0 Å². The van der Waals surface area contributed by atoms with Gasteiger partial charge in [0.1, 0.15) is 11.3 Å². The van der Waals surface area contributed by atoms with Crippen molar-refractivity contribution in [3.63, 3.8) is 0 Å². The van der Waals surface area contributed by atoms with Crippen LogP contribution >= 0.6 is 0 Å². The van der Waals surface area contributed by atoms with Crippen LogP contribution in [0, 0.1) is 5.92 Å². The molecule has 5 nitrogen and oxygen atoms in total. The van der Waals surface area contributed by atoms with Crippen LogP contribution in [0.4, 0.5) is 0 Å². The Hall–Kier alpha value is -2.04. The summed E-state index contributed by atoms with van der Waals surface area (Å²) in [5, 5.41) is 11.9. The molecule has 1 aliphatic carbocycles. The maximum Gasteiger partial charge on any atom is 0.329 e. The number of para-hydroxylation sites is 1. The molecule has 1 atom stereocenters. The normalized spacial score (nSPS) is 16.8. The van der Waals surface area contributed by atoms with Gasteiger partial charge >= 0.3 is 5.97 Å². The van der Waals surface area contributed by atoms with E-state index in [1.165, 1.54) is 0 Å². The Balaban J connectivity index is 1.71. The monoisotopic (exact) mass is 291 g/mol. The Bertz CT molecular complexity index is 498. The van der Waals surface area contributed by atoms with E-state index in [0.29, 0.717) is 13.0 Å². The molecule has 1 saturated carbocycles. The summed E-state index contributed by atoms with van der Waals surface area (Å²) in [7, 11) is 0. The van der Waals surface area contributed by atoms with Crippen molar-refractivity contribution in [3.8, 4) is 5.75 Å². The zero-order valence-electron chi connectivity index (χ0n) is 12.2. The van der Waals surface area contributed by atoms with Crippen molar-refractivity contribution >= 4 is 11.9 Å². The van der Waals surface area contributed by atoms with Crippen LogP contribution in [0.3, 0.4) is 0 Å². The summed E-state index contributed by atoms with van der Waals surface area (Å²) in [6.07, 6.45) is 2.55. The molecule has 5 heteroatoms. The molecule has 1 aromatic rings. The van der Waals surface area contributed by atoms with Crippen molar-refractivity contribution in [3.05, 3.63) is 30.3 Å². The fourth-order valence-corrected chi connectivity index (χ4v) is 2.28. The minimum atomic E-state index is -1.13. The zero-order valence-corrected chi connectivity index (χ0v) is 12.2. The highest BCUT2D eigenvalue weighted by Crippen LogP contribution is 2.39. The fourth-order valence-electron chi connectivity index (χ4n) is 2.28. The van der Waals surface area contributed by atoms with E-state index in [4.69, 9.17) is 4.74 Å². The van der Waals surface area contributed by atoms with E-state index in [9.17, 15) is 14.7 Å². The Morgan fingerprint density at radius 2 is 2.00 bits per heavy atom. The molecule has 2 N–H and O–H groups in total. The van der Waals surface area contributed by atoms with Crippen molar-refractivity contribution in [2.45, 2.75) is 38.1 Å². The maximum absolute atomic E-state index is 11.9. The Kier molecular flexibility index (Phi) is 4.83. The zero-order chi connectivity index (χ0) is 15.3. The molecule has 1 aromatic carbocycles. The molecule has 1 unspecified atom stereocenters. The fraction of sp³-hybridized carbons (Fsp3) is 0.500. The first-order valence-corrected chi connectivity index (χ1v) is 7.24. The van der Waals surface area contributed by atoms with Gasteiger partial charge < -0.3 is 15.2 Å². The number of carboxylic acid groups (broad SMARTS) is 1. The lowest BCUT2D eigenvalue weighted by Gasteiger charge is -2.26. The first-order chi connectivity index (χ1) is 10.0. The van der Waals surface area contributed by atoms with Crippen molar-refractivity contribution < 1.29 is 19.4 Å². The van der Waals surface area contributed by atoms with Gasteiger partial charge in [-0.05, 0) is 44.2 Å². The first-order valence-electron chi connectivity index (χ1n) is 7.24. The van der Waals surface area contributed by atoms with Crippen LogP contribution in [0.5, 0.6) is 5.75 Å². The van der Waals surface area contributed by atoms with E-state index in [1.807, 2.05) is 30.3 Å². The van der Waals surface area contributed by atoms with E-state index >= 15 is 0 Å². The number of carboxylic acids is 1. The van der Waals surface area contributed by atoms with Crippen LogP contribution in [0.15, 0.2) is 30.3 Å².